The SMILES string of the molecule is N#Cc1c(-c2cc(N=Nc3cccc(COc4nc(N)nc5c4ncn5CCN)c3)ccc2N)[n+]([O-])c2ccccc2[n+]1[O-]. The predicted molar refractivity (Wildman–Crippen MR) is 160 cm³/mol. The summed E-state index contributed by atoms with van der Waals surface area (Å²) in [6.45, 7) is 1.07. The van der Waals surface area contributed by atoms with E-state index in [-0.39, 0.29) is 52.1 Å². The van der Waals surface area contributed by atoms with Crippen molar-refractivity contribution >= 4 is 45.2 Å². The van der Waals surface area contributed by atoms with Gasteiger partial charge in [-0.2, -0.15) is 30.2 Å². The molecule has 0 radical (unpaired) electrons. The van der Waals surface area contributed by atoms with E-state index in [2.05, 4.69) is 25.2 Å². The lowest BCUT2D eigenvalue weighted by atomic mass is 10.1. The molecule has 0 saturated carbocycles. The molecule has 218 valence electrons. The molecule has 6 N–H and O–H groups in total. The molecule has 0 aliphatic rings. The Bertz CT molecular complexity index is 2120. The highest BCUT2D eigenvalue weighted by molar-refractivity contribution is 5.80. The number of nitrogen functional groups attached to an aromatic ring is 2. The molecular formula is C29H24N12O3. The van der Waals surface area contributed by atoms with Crippen molar-refractivity contribution < 1.29 is 14.2 Å². The Morgan fingerprint density at radius 3 is 2.43 bits per heavy atom. The molecule has 0 atom stereocenters. The summed E-state index contributed by atoms with van der Waals surface area (Å²) in [5.74, 6) is 0.292. The zero-order valence-corrected chi connectivity index (χ0v) is 23.0. The Labute approximate surface area is 249 Å². The van der Waals surface area contributed by atoms with E-state index < -0.39 is 0 Å². The maximum absolute atomic E-state index is 13.3. The van der Waals surface area contributed by atoms with Crippen molar-refractivity contribution in [1.29, 1.82) is 5.26 Å². The molecule has 0 aliphatic carbocycles. The summed E-state index contributed by atoms with van der Waals surface area (Å²) in [4.78, 5) is 12.8. The number of azo groups is 1. The average Bonchev–Trinajstić information content (AvgIpc) is 3.44. The second kappa shape index (κ2) is 11.5. The van der Waals surface area contributed by atoms with Crippen molar-refractivity contribution in [2.75, 3.05) is 18.0 Å². The normalized spacial score (nSPS) is 11.4. The number of nitrogens with two attached hydrogens (primary N) is 3. The van der Waals surface area contributed by atoms with Crippen LogP contribution in [0.25, 0.3) is 33.5 Å². The minimum absolute atomic E-state index is 0.0508. The number of imidazole rings is 1. The molecule has 0 spiro atoms. The quantitative estimate of drug-likeness (QED) is 0.102. The van der Waals surface area contributed by atoms with Crippen molar-refractivity contribution in [2.24, 2.45) is 16.0 Å². The molecule has 0 bridgehead atoms. The van der Waals surface area contributed by atoms with E-state index in [1.54, 1.807) is 47.3 Å². The van der Waals surface area contributed by atoms with Crippen molar-refractivity contribution in [3.05, 3.63) is 94.7 Å². The lowest BCUT2D eigenvalue weighted by Crippen LogP contribution is -2.43. The van der Waals surface area contributed by atoms with Crippen LogP contribution in [-0.2, 0) is 13.2 Å². The largest absolute Gasteiger partial charge is 0.617 e. The zero-order chi connectivity index (χ0) is 30.8. The second-order valence-corrected chi connectivity index (χ2v) is 9.60. The minimum Gasteiger partial charge on any atom is -0.617 e. The first kappa shape index (κ1) is 27.8. The van der Waals surface area contributed by atoms with E-state index in [4.69, 9.17) is 21.9 Å². The molecule has 3 aromatic heterocycles. The van der Waals surface area contributed by atoms with Gasteiger partial charge in [0.15, 0.2) is 17.2 Å². The third kappa shape index (κ3) is 5.08. The smallest absolute Gasteiger partial charge is 0.369 e. The van der Waals surface area contributed by atoms with E-state index in [1.165, 1.54) is 24.3 Å². The highest BCUT2D eigenvalue weighted by Crippen LogP contribution is 2.31. The fourth-order valence-electron chi connectivity index (χ4n) is 4.70. The van der Waals surface area contributed by atoms with E-state index in [0.29, 0.717) is 45.1 Å². The third-order valence-electron chi connectivity index (χ3n) is 6.73. The van der Waals surface area contributed by atoms with Gasteiger partial charge in [0, 0.05) is 30.9 Å². The Balaban J connectivity index is 1.27. The Morgan fingerprint density at radius 1 is 0.932 bits per heavy atom. The molecule has 3 aromatic carbocycles. The fourth-order valence-corrected chi connectivity index (χ4v) is 4.70. The van der Waals surface area contributed by atoms with Gasteiger partial charge in [-0.05, 0) is 35.9 Å². The monoisotopic (exact) mass is 588 g/mol. The molecule has 6 rings (SSSR count). The molecule has 0 saturated heterocycles. The van der Waals surface area contributed by atoms with Gasteiger partial charge in [0.2, 0.25) is 11.8 Å². The lowest BCUT2D eigenvalue weighted by Gasteiger charge is -2.11. The van der Waals surface area contributed by atoms with Gasteiger partial charge >= 0.3 is 11.4 Å². The standard InChI is InChI=1S/C29H24N12O3/c30-10-11-39-16-34-25-27(39)35-29(33)36-28(25)44-15-17-4-3-5-18(12-17)37-38-19-8-9-21(32)20(13-19)26-24(14-31)40(42)22-6-1-2-7-23(22)41(26)43/h1-9,12-13,16H,10-11,15,30,32H2,(H2,33,35,36). The van der Waals surface area contributed by atoms with Crippen LogP contribution in [0.2, 0.25) is 0 Å². The summed E-state index contributed by atoms with van der Waals surface area (Å²) < 4.78 is 8.67. The van der Waals surface area contributed by atoms with Crippen LogP contribution >= 0.6 is 0 Å². The highest BCUT2D eigenvalue weighted by Gasteiger charge is 2.31. The highest BCUT2D eigenvalue weighted by atomic mass is 16.5. The van der Waals surface area contributed by atoms with Crippen LogP contribution in [0.15, 0.2) is 83.3 Å². The maximum atomic E-state index is 13.3. The molecule has 15 heteroatoms. The third-order valence-corrected chi connectivity index (χ3v) is 6.73. The van der Waals surface area contributed by atoms with Gasteiger partial charge in [-0.3, -0.25) is 0 Å². The molecule has 0 fully saturated rings. The van der Waals surface area contributed by atoms with Crippen LogP contribution in [0.4, 0.5) is 23.0 Å². The summed E-state index contributed by atoms with van der Waals surface area (Å²) in [6.07, 6.45) is 1.61. The number of benzene rings is 3. The number of anilines is 2. The van der Waals surface area contributed by atoms with Crippen LogP contribution in [-0.4, -0.2) is 26.1 Å². The number of ether oxygens (including phenoxy) is 1. The number of aromatic nitrogens is 6. The summed E-state index contributed by atoms with van der Waals surface area (Å²) >= 11 is 0. The number of nitriles is 1. The molecule has 0 aliphatic heterocycles. The first-order valence-electron chi connectivity index (χ1n) is 13.3. The average molecular weight is 589 g/mol. The van der Waals surface area contributed by atoms with E-state index in [1.807, 2.05) is 12.1 Å². The van der Waals surface area contributed by atoms with Gasteiger partial charge in [-0.25, -0.2) is 4.98 Å². The van der Waals surface area contributed by atoms with E-state index >= 15 is 0 Å². The molecular weight excluding hydrogens is 564 g/mol. The summed E-state index contributed by atoms with van der Waals surface area (Å²) in [5.41, 5.74) is 20.3. The number of rotatable bonds is 8. The predicted octanol–water partition coefficient (Wildman–Crippen LogP) is 2.90. The molecule has 0 unspecified atom stereocenters. The molecule has 44 heavy (non-hydrogen) atoms. The zero-order valence-electron chi connectivity index (χ0n) is 23.0. The van der Waals surface area contributed by atoms with Gasteiger partial charge in [-0.15, -0.1) is 4.73 Å². The maximum Gasteiger partial charge on any atom is 0.369 e. The second-order valence-electron chi connectivity index (χ2n) is 9.60. The topological polar surface area (TPSA) is 233 Å². The van der Waals surface area contributed by atoms with Gasteiger partial charge in [-0.1, -0.05) is 24.3 Å². The number of nitrogens with zero attached hydrogens (tertiary/aromatic N) is 9. The van der Waals surface area contributed by atoms with Gasteiger partial charge < -0.3 is 36.9 Å². The first-order valence-corrected chi connectivity index (χ1v) is 13.3. The van der Waals surface area contributed by atoms with Crippen molar-refractivity contribution in [3.8, 4) is 23.2 Å². The van der Waals surface area contributed by atoms with Crippen LogP contribution in [0.3, 0.4) is 0 Å². The van der Waals surface area contributed by atoms with Crippen molar-refractivity contribution in [1.82, 2.24) is 19.5 Å². The molecule has 3 heterocycles. The van der Waals surface area contributed by atoms with E-state index in [9.17, 15) is 15.7 Å². The Morgan fingerprint density at radius 2 is 1.68 bits per heavy atom. The van der Waals surface area contributed by atoms with Crippen molar-refractivity contribution in [2.45, 2.75) is 13.2 Å². The summed E-state index contributed by atoms with van der Waals surface area (Å²) in [7, 11) is 0. The van der Waals surface area contributed by atoms with Crippen LogP contribution in [0.5, 0.6) is 5.88 Å². The van der Waals surface area contributed by atoms with Crippen molar-refractivity contribution in [3.63, 3.8) is 0 Å². The fraction of sp³-hybridized carbons (Fsp3) is 0.103. The van der Waals surface area contributed by atoms with Crippen LogP contribution < -0.4 is 31.4 Å². The van der Waals surface area contributed by atoms with Gasteiger partial charge in [0.05, 0.1) is 23.3 Å². The summed E-state index contributed by atoms with van der Waals surface area (Å²) in [6, 6.07) is 19.8. The Kier molecular flexibility index (Phi) is 7.23. The molecule has 6 aromatic rings. The Hall–Kier alpha value is -6.40. The lowest BCUT2D eigenvalue weighted by molar-refractivity contribution is -0.622. The van der Waals surface area contributed by atoms with Crippen LogP contribution in [0, 0.1) is 21.7 Å². The number of para-hydroxylation sites is 2. The minimum atomic E-state index is -0.388. The summed E-state index contributed by atoms with van der Waals surface area (Å²) in [5, 5.41) is 44.6. The number of fused-ring (bicyclic) bond motifs is 2. The van der Waals surface area contributed by atoms with E-state index in [0.717, 1.165) is 5.56 Å². The number of hydrogen-bond donors (Lipinski definition) is 3. The van der Waals surface area contributed by atoms with Gasteiger partial charge in [0.1, 0.15) is 6.61 Å². The molecule has 0 amide bonds. The van der Waals surface area contributed by atoms with Crippen LogP contribution in [0.1, 0.15) is 11.3 Å². The number of hydrogen-bond acceptors (Lipinski definition) is 12. The first-order chi connectivity index (χ1) is 21.4. The molecule has 15 nitrogen and oxygen atoms in total. The van der Waals surface area contributed by atoms with Gasteiger partial charge in [0.25, 0.3) is 11.0 Å².